The number of pyridine rings is 1. The molecule has 0 radical (unpaired) electrons. The number of halogens is 2. The number of ether oxygens (including phenoxy) is 1. The van der Waals surface area contributed by atoms with Crippen molar-refractivity contribution in [2.75, 3.05) is 0 Å². The van der Waals surface area contributed by atoms with E-state index in [1.165, 1.54) is 0 Å². The number of rotatable bonds is 3. The number of hydrogen-bond donors (Lipinski definition) is 0. The van der Waals surface area contributed by atoms with E-state index in [0.717, 1.165) is 16.6 Å². The summed E-state index contributed by atoms with van der Waals surface area (Å²) in [6, 6.07) is 16.5. The number of fused-ring (bicyclic) bond motifs is 4. The van der Waals surface area contributed by atoms with Gasteiger partial charge in [-0.25, -0.2) is 4.98 Å². The monoisotopic (exact) mass is 394 g/mol. The molecule has 0 saturated carbocycles. The second-order valence-corrected chi connectivity index (χ2v) is 7.12. The second kappa shape index (κ2) is 6.12. The molecule has 132 valence electrons. The fraction of sp³-hybridized carbons (Fsp3) is 0.0476. The van der Waals surface area contributed by atoms with E-state index < -0.39 is 0 Å². The van der Waals surface area contributed by atoms with Gasteiger partial charge in [0.25, 0.3) is 5.91 Å². The molecule has 0 aliphatic carbocycles. The molecule has 3 heterocycles. The summed E-state index contributed by atoms with van der Waals surface area (Å²) >= 11 is 12.4. The van der Waals surface area contributed by atoms with Crippen molar-refractivity contribution in [1.82, 2.24) is 9.55 Å². The van der Waals surface area contributed by atoms with Gasteiger partial charge in [0.2, 0.25) is 0 Å². The molecule has 0 fully saturated rings. The standard InChI is InChI=1S/C21H12Cl2N2O2/c22-13-7-8-14-16(10-13)24-19-17-6-3-9-25(17)21(26)18(19)20(14)27-11-12-4-1-2-5-15(12)23/h1-10H,11H2. The maximum absolute atomic E-state index is 12.9. The Bertz CT molecular complexity index is 1230. The molecule has 6 heteroatoms. The van der Waals surface area contributed by atoms with Gasteiger partial charge in [-0.1, -0.05) is 41.4 Å². The third-order valence-corrected chi connectivity index (χ3v) is 5.26. The lowest BCUT2D eigenvalue weighted by molar-refractivity contribution is 0.0965. The average Bonchev–Trinajstić information content (AvgIpc) is 3.24. The van der Waals surface area contributed by atoms with Crippen molar-refractivity contribution in [3.63, 3.8) is 0 Å². The molecule has 0 unspecified atom stereocenters. The lowest BCUT2D eigenvalue weighted by Crippen LogP contribution is -2.08. The Morgan fingerprint density at radius 2 is 1.89 bits per heavy atom. The molecule has 0 N–H and O–H groups in total. The van der Waals surface area contributed by atoms with E-state index >= 15 is 0 Å². The lowest BCUT2D eigenvalue weighted by Gasteiger charge is -2.14. The zero-order valence-corrected chi connectivity index (χ0v) is 15.5. The topological polar surface area (TPSA) is 44.1 Å². The summed E-state index contributed by atoms with van der Waals surface area (Å²) in [5, 5.41) is 1.93. The fourth-order valence-electron chi connectivity index (χ4n) is 3.38. The highest BCUT2D eigenvalue weighted by molar-refractivity contribution is 6.31. The molecular weight excluding hydrogens is 383 g/mol. The van der Waals surface area contributed by atoms with Crippen molar-refractivity contribution in [2.45, 2.75) is 6.61 Å². The highest BCUT2D eigenvalue weighted by atomic mass is 35.5. The number of nitrogens with zero attached hydrogens (tertiary/aromatic N) is 2. The molecule has 1 aliphatic rings. The van der Waals surface area contributed by atoms with Crippen molar-refractivity contribution < 1.29 is 9.53 Å². The van der Waals surface area contributed by atoms with E-state index in [4.69, 9.17) is 27.9 Å². The minimum absolute atomic E-state index is 0.150. The van der Waals surface area contributed by atoms with Crippen LogP contribution in [0.25, 0.3) is 22.3 Å². The van der Waals surface area contributed by atoms with Crippen molar-refractivity contribution in [3.8, 4) is 17.1 Å². The van der Waals surface area contributed by atoms with Crippen LogP contribution in [0.5, 0.6) is 5.75 Å². The van der Waals surface area contributed by atoms with Gasteiger partial charge < -0.3 is 4.74 Å². The molecule has 4 aromatic rings. The molecule has 0 bridgehead atoms. The Kier molecular flexibility index (Phi) is 3.71. The van der Waals surface area contributed by atoms with E-state index in [2.05, 4.69) is 4.98 Å². The average molecular weight is 395 g/mol. The van der Waals surface area contributed by atoms with Crippen LogP contribution in [0.15, 0.2) is 60.8 Å². The molecule has 27 heavy (non-hydrogen) atoms. The third-order valence-electron chi connectivity index (χ3n) is 4.65. The van der Waals surface area contributed by atoms with Crippen molar-refractivity contribution in [1.29, 1.82) is 0 Å². The Balaban J connectivity index is 1.70. The van der Waals surface area contributed by atoms with E-state index in [1.54, 1.807) is 22.9 Å². The number of aromatic nitrogens is 2. The smallest absolute Gasteiger partial charge is 0.268 e. The summed E-state index contributed by atoms with van der Waals surface area (Å²) in [4.78, 5) is 17.6. The van der Waals surface area contributed by atoms with Gasteiger partial charge in [-0.15, -0.1) is 0 Å². The molecule has 0 amide bonds. The first-order chi connectivity index (χ1) is 13.1. The minimum atomic E-state index is -0.150. The Morgan fingerprint density at radius 3 is 2.74 bits per heavy atom. The Morgan fingerprint density at radius 1 is 1.04 bits per heavy atom. The predicted molar refractivity (Wildman–Crippen MR) is 106 cm³/mol. The van der Waals surface area contributed by atoms with Crippen LogP contribution >= 0.6 is 23.2 Å². The van der Waals surface area contributed by atoms with Crippen molar-refractivity contribution in [3.05, 3.63) is 82.0 Å². The summed E-state index contributed by atoms with van der Waals surface area (Å²) in [6.45, 7) is 0.246. The van der Waals surface area contributed by atoms with Crippen molar-refractivity contribution in [2.24, 2.45) is 0 Å². The molecule has 2 aromatic carbocycles. The molecule has 0 saturated heterocycles. The van der Waals surface area contributed by atoms with Crippen molar-refractivity contribution >= 4 is 40.0 Å². The van der Waals surface area contributed by atoms with Gasteiger partial charge >= 0.3 is 0 Å². The van der Waals surface area contributed by atoms with Crippen LogP contribution < -0.4 is 4.74 Å². The maximum Gasteiger partial charge on any atom is 0.268 e. The largest absolute Gasteiger partial charge is 0.487 e. The predicted octanol–water partition coefficient (Wildman–Crippen LogP) is 5.59. The number of carbonyl (C=O) groups is 1. The first-order valence-electron chi connectivity index (χ1n) is 8.35. The van der Waals surface area contributed by atoms with Gasteiger partial charge in [0.1, 0.15) is 23.6 Å². The van der Waals surface area contributed by atoms with Crippen LogP contribution in [0.2, 0.25) is 10.0 Å². The van der Waals surface area contributed by atoms with E-state index in [1.807, 2.05) is 42.5 Å². The molecular formula is C21H12Cl2N2O2. The molecule has 1 aliphatic heterocycles. The fourth-order valence-corrected chi connectivity index (χ4v) is 3.73. The van der Waals surface area contributed by atoms with Gasteiger partial charge in [-0.3, -0.25) is 9.36 Å². The second-order valence-electron chi connectivity index (χ2n) is 6.27. The number of carbonyl (C=O) groups excluding carboxylic acids is 1. The third kappa shape index (κ3) is 2.52. The van der Waals surface area contributed by atoms with Crippen LogP contribution in [0, 0.1) is 0 Å². The Hall–Kier alpha value is -2.82. The number of benzene rings is 2. The zero-order valence-electron chi connectivity index (χ0n) is 13.9. The first-order valence-corrected chi connectivity index (χ1v) is 9.11. The number of hydrogen-bond acceptors (Lipinski definition) is 3. The molecule has 4 nitrogen and oxygen atoms in total. The molecule has 2 aromatic heterocycles. The normalized spacial score (nSPS) is 12.3. The maximum atomic E-state index is 12.9. The zero-order chi connectivity index (χ0) is 18.5. The van der Waals surface area contributed by atoms with Gasteiger partial charge in [0, 0.05) is 27.2 Å². The SMILES string of the molecule is O=C1c2c(nc3cc(Cl)ccc3c2OCc2ccccc2Cl)-c2cccn21. The van der Waals surface area contributed by atoms with Gasteiger partial charge in [0.05, 0.1) is 11.2 Å². The van der Waals surface area contributed by atoms with E-state index in [0.29, 0.717) is 32.6 Å². The van der Waals surface area contributed by atoms with Crippen LogP contribution in [-0.4, -0.2) is 15.5 Å². The summed E-state index contributed by atoms with van der Waals surface area (Å²) in [7, 11) is 0. The molecule has 0 atom stereocenters. The molecule has 0 spiro atoms. The van der Waals surface area contributed by atoms with Crippen LogP contribution in [-0.2, 0) is 6.61 Å². The van der Waals surface area contributed by atoms with Crippen LogP contribution in [0.1, 0.15) is 15.9 Å². The van der Waals surface area contributed by atoms with Gasteiger partial charge in [0.15, 0.2) is 0 Å². The van der Waals surface area contributed by atoms with Gasteiger partial charge in [-0.05, 0) is 36.4 Å². The van der Waals surface area contributed by atoms with E-state index in [9.17, 15) is 4.79 Å². The van der Waals surface area contributed by atoms with Gasteiger partial charge in [-0.2, -0.15) is 0 Å². The quantitative estimate of drug-likeness (QED) is 0.400. The highest BCUT2D eigenvalue weighted by Crippen LogP contribution is 2.41. The minimum Gasteiger partial charge on any atom is -0.487 e. The van der Waals surface area contributed by atoms with E-state index in [-0.39, 0.29) is 12.5 Å². The van der Waals surface area contributed by atoms with Crippen LogP contribution in [0.4, 0.5) is 0 Å². The summed E-state index contributed by atoms with van der Waals surface area (Å²) in [5.41, 5.74) is 3.34. The lowest BCUT2D eigenvalue weighted by atomic mass is 10.1. The van der Waals surface area contributed by atoms with Crippen LogP contribution in [0.3, 0.4) is 0 Å². The summed E-state index contributed by atoms with van der Waals surface area (Å²) in [6.07, 6.45) is 1.73. The summed E-state index contributed by atoms with van der Waals surface area (Å²) < 4.78 is 7.72. The highest BCUT2D eigenvalue weighted by Gasteiger charge is 2.32. The first kappa shape index (κ1) is 16.4. The summed E-state index contributed by atoms with van der Waals surface area (Å²) in [5.74, 6) is 0.351. The Labute approximate surface area is 164 Å². The molecule has 5 rings (SSSR count).